The zero-order chi connectivity index (χ0) is 21.5. The van der Waals surface area contributed by atoms with Crippen LogP contribution in [0.5, 0.6) is 0 Å². The number of amides is 2. The van der Waals surface area contributed by atoms with Crippen LogP contribution in [-0.4, -0.2) is 53.1 Å². The van der Waals surface area contributed by atoms with E-state index in [-0.39, 0.29) is 26.3 Å². The van der Waals surface area contributed by atoms with Crippen molar-refractivity contribution in [1.29, 1.82) is 0 Å². The molecular weight excluding hydrogens is 384 g/mol. The van der Waals surface area contributed by atoms with Crippen LogP contribution in [-0.2, 0) is 32.2 Å². The van der Waals surface area contributed by atoms with Crippen molar-refractivity contribution in [3.8, 4) is 0 Å². The van der Waals surface area contributed by atoms with E-state index in [0.29, 0.717) is 0 Å². The first kappa shape index (κ1) is 21.4. The lowest BCUT2D eigenvalue weighted by molar-refractivity contribution is -0.157. The molecule has 2 amide bonds. The molecule has 0 saturated carbocycles. The third kappa shape index (κ3) is 4.62. The molecule has 3 rings (SSSR count). The summed E-state index contributed by atoms with van der Waals surface area (Å²) in [6.45, 7) is 4.05. The maximum Gasteiger partial charge on any atom is 0.331 e. The van der Waals surface area contributed by atoms with Crippen LogP contribution in [0.3, 0.4) is 0 Å². The summed E-state index contributed by atoms with van der Waals surface area (Å²) in [5.41, 5.74) is 1.70. The monoisotopic (exact) mass is 410 g/mol. The molecule has 1 saturated heterocycles. The quantitative estimate of drug-likeness (QED) is 0.626. The summed E-state index contributed by atoms with van der Waals surface area (Å²) >= 11 is 0. The number of hydrogen-bond acceptors (Lipinski definition) is 5. The Kier molecular flexibility index (Phi) is 7.06. The Bertz CT molecular complexity index is 800. The van der Waals surface area contributed by atoms with E-state index >= 15 is 0 Å². The molecule has 2 aromatic rings. The fraction of sp³-hybridized carbons (Fsp3) is 0.348. The molecule has 0 aliphatic carbocycles. The van der Waals surface area contributed by atoms with Crippen molar-refractivity contribution in [2.24, 2.45) is 0 Å². The normalized spacial score (nSPS) is 18.4. The van der Waals surface area contributed by atoms with Gasteiger partial charge in [-0.2, -0.15) is 0 Å². The van der Waals surface area contributed by atoms with Crippen molar-refractivity contribution in [3.05, 3.63) is 71.8 Å². The van der Waals surface area contributed by atoms with Crippen molar-refractivity contribution < 1.29 is 23.9 Å². The standard InChI is InChI=1S/C23H26N2O5/c1-3-29-21(26)19-20(22(27)30-4-2)25(16-18-13-9-6-10-14-18)23(28)24(19)15-17-11-7-5-8-12-17/h5-14,19-20H,3-4,15-16H2,1-2H3. The average molecular weight is 410 g/mol. The predicted molar refractivity (Wildman–Crippen MR) is 110 cm³/mol. The van der Waals surface area contributed by atoms with Gasteiger partial charge in [0.15, 0.2) is 12.1 Å². The SMILES string of the molecule is CCOC(=O)C1C(C(=O)OCC)N(Cc2ccccc2)C(=O)N1Cc1ccccc1. The first-order valence-corrected chi connectivity index (χ1v) is 10.0. The lowest BCUT2D eigenvalue weighted by atomic mass is 10.1. The Morgan fingerprint density at radius 3 is 1.43 bits per heavy atom. The predicted octanol–water partition coefficient (Wildman–Crippen LogP) is 2.99. The van der Waals surface area contributed by atoms with E-state index in [1.54, 1.807) is 13.8 Å². The molecule has 1 fully saturated rings. The summed E-state index contributed by atoms with van der Waals surface area (Å²) in [7, 11) is 0. The third-order valence-electron chi connectivity index (χ3n) is 4.91. The van der Waals surface area contributed by atoms with E-state index in [1.165, 1.54) is 9.80 Å². The minimum absolute atomic E-state index is 0.150. The number of carbonyl (C=O) groups excluding carboxylic acids is 3. The molecule has 7 heteroatoms. The molecule has 0 radical (unpaired) electrons. The molecule has 1 heterocycles. The fourth-order valence-electron chi connectivity index (χ4n) is 3.60. The van der Waals surface area contributed by atoms with Gasteiger partial charge in [0.25, 0.3) is 0 Å². The minimum Gasteiger partial charge on any atom is -0.464 e. The number of carbonyl (C=O) groups is 3. The number of rotatable bonds is 8. The molecular formula is C23H26N2O5. The lowest BCUT2D eigenvalue weighted by Crippen LogP contribution is -2.49. The molecule has 7 nitrogen and oxygen atoms in total. The Balaban J connectivity index is 1.99. The summed E-state index contributed by atoms with van der Waals surface area (Å²) in [6.07, 6.45) is 0. The molecule has 2 atom stereocenters. The molecule has 30 heavy (non-hydrogen) atoms. The number of esters is 2. The zero-order valence-electron chi connectivity index (χ0n) is 17.2. The highest BCUT2D eigenvalue weighted by atomic mass is 16.5. The van der Waals surface area contributed by atoms with Gasteiger partial charge in [0.1, 0.15) is 0 Å². The molecule has 1 aliphatic rings. The topological polar surface area (TPSA) is 76.2 Å². The number of urea groups is 1. The van der Waals surface area contributed by atoms with Gasteiger partial charge < -0.3 is 19.3 Å². The van der Waals surface area contributed by atoms with E-state index in [9.17, 15) is 14.4 Å². The van der Waals surface area contributed by atoms with Crippen LogP contribution in [0.25, 0.3) is 0 Å². The number of hydrogen-bond donors (Lipinski definition) is 0. The Labute approximate surface area is 176 Å². The van der Waals surface area contributed by atoms with Gasteiger partial charge in [0.05, 0.1) is 13.2 Å². The fourth-order valence-corrected chi connectivity index (χ4v) is 3.60. The summed E-state index contributed by atoms with van der Waals surface area (Å²) in [5.74, 6) is -1.23. The van der Waals surface area contributed by atoms with Crippen LogP contribution >= 0.6 is 0 Å². The van der Waals surface area contributed by atoms with Gasteiger partial charge >= 0.3 is 18.0 Å². The van der Waals surface area contributed by atoms with Crippen molar-refractivity contribution in [2.75, 3.05) is 13.2 Å². The highest BCUT2D eigenvalue weighted by molar-refractivity contribution is 5.97. The van der Waals surface area contributed by atoms with Crippen LogP contribution in [0, 0.1) is 0 Å². The van der Waals surface area contributed by atoms with Crippen molar-refractivity contribution in [2.45, 2.75) is 39.0 Å². The van der Waals surface area contributed by atoms with Gasteiger partial charge in [-0.25, -0.2) is 14.4 Å². The van der Waals surface area contributed by atoms with E-state index in [0.717, 1.165) is 11.1 Å². The molecule has 2 unspecified atom stereocenters. The van der Waals surface area contributed by atoms with Gasteiger partial charge in [-0.1, -0.05) is 60.7 Å². The second-order valence-corrected chi connectivity index (χ2v) is 6.90. The van der Waals surface area contributed by atoms with Crippen LogP contribution in [0.1, 0.15) is 25.0 Å². The molecule has 0 N–H and O–H groups in total. The zero-order valence-corrected chi connectivity index (χ0v) is 17.2. The summed E-state index contributed by atoms with van der Waals surface area (Å²) < 4.78 is 10.5. The van der Waals surface area contributed by atoms with E-state index in [2.05, 4.69) is 0 Å². The van der Waals surface area contributed by atoms with Gasteiger partial charge in [0, 0.05) is 13.1 Å². The van der Waals surface area contributed by atoms with Crippen LogP contribution in [0.2, 0.25) is 0 Å². The summed E-state index contributed by atoms with van der Waals surface area (Å²) in [4.78, 5) is 41.9. The van der Waals surface area contributed by atoms with Crippen molar-refractivity contribution >= 4 is 18.0 Å². The highest BCUT2D eigenvalue weighted by Gasteiger charge is 2.54. The van der Waals surface area contributed by atoms with E-state index in [4.69, 9.17) is 9.47 Å². The van der Waals surface area contributed by atoms with Gasteiger partial charge in [-0.05, 0) is 25.0 Å². The van der Waals surface area contributed by atoms with Gasteiger partial charge in [-0.15, -0.1) is 0 Å². The van der Waals surface area contributed by atoms with Gasteiger partial charge in [-0.3, -0.25) is 0 Å². The molecule has 158 valence electrons. The first-order valence-electron chi connectivity index (χ1n) is 10.0. The first-order chi connectivity index (χ1) is 14.6. The lowest BCUT2D eigenvalue weighted by Gasteiger charge is -2.25. The Hall–Kier alpha value is -3.35. The van der Waals surface area contributed by atoms with Gasteiger partial charge in [0.2, 0.25) is 0 Å². The van der Waals surface area contributed by atoms with E-state index < -0.39 is 30.1 Å². The maximum absolute atomic E-state index is 13.4. The molecule has 0 spiro atoms. The number of benzene rings is 2. The Morgan fingerprint density at radius 2 is 1.10 bits per heavy atom. The Morgan fingerprint density at radius 1 is 0.733 bits per heavy atom. The van der Waals surface area contributed by atoms with Crippen LogP contribution < -0.4 is 0 Å². The minimum atomic E-state index is -1.08. The molecule has 2 aromatic carbocycles. The largest absolute Gasteiger partial charge is 0.464 e. The number of nitrogens with zero attached hydrogens (tertiary/aromatic N) is 2. The van der Waals surface area contributed by atoms with E-state index in [1.807, 2.05) is 60.7 Å². The summed E-state index contributed by atoms with van der Waals surface area (Å²) in [5, 5.41) is 0. The molecule has 0 aromatic heterocycles. The summed E-state index contributed by atoms with van der Waals surface area (Å²) in [6, 6.07) is 16.1. The highest BCUT2D eigenvalue weighted by Crippen LogP contribution is 2.29. The number of ether oxygens (including phenoxy) is 2. The molecule has 0 bridgehead atoms. The van der Waals surface area contributed by atoms with Crippen molar-refractivity contribution in [1.82, 2.24) is 9.80 Å². The van der Waals surface area contributed by atoms with Crippen LogP contribution in [0.4, 0.5) is 4.79 Å². The third-order valence-corrected chi connectivity index (χ3v) is 4.91. The van der Waals surface area contributed by atoms with Crippen LogP contribution in [0.15, 0.2) is 60.7 Å². The van der Waals surface area contributed by atoms with Crippen molar-refractivity contribution in [3.63, 3.8) is 0 Å². The maximum atomic E-state index is 13.4. The second kappa shape index (κ2) is 9.91. The molecule has 1 aliphatic heterocycles. The smallest absolute Gasteiger partial charge is 0.331 e. The second-order valence-electron chi connectivity index (χ2n) is 6.90. The average Bonchev–Trinajstić information content (AvgIpc) is 3.02.